The van der Waals surface area contributed by atoms with Crippen LogP contribution in [-0.2, 0) is 14.2 Å². The molecule has 0 amide bonds. The zero-order valence-corrected chi connectivity index (χ0v) is 7.50. The van der Waals surface area contributed by atoms with Gasteiger partial charge in [-0.05, 0) is 0 Å². The summed E-state index contributed by atoms with van der Waals surface area (Å²) >= 11 is 0. The van der Waals surface area contributed by atoms with E-state index in [2.05, 4.69) is 6.92 Å². The van der Waals surface area contributed by atoms with Crippen LogP contribution in [0, 0.1) is 12.0 Å². The van der Waals surface area contributed by atoms with Crippen LogP contribution >= 0.6 is 0 Å². The first kappa shape index (κ1) is 10.3. The van der Waals surface area contributed by atoms with Gasteiger partial charge in [0, 0.05) is 5.41 Å². The molecule has 0 aliphatic carbocycles. The van der Waals surface area contributed by atoms with Gasteiger partial charge < -0.3 is 20.8 Å². The van der Waals surface area contributed by atoms with Crippen molar-refractivity contribution in [2.24, 2.45) is 5.41 Å². The van der Waals surface area contributed by atoms with Gasteiger partial charge in [-0.2, -0.15) is 6.08 Å². The Bertz CT molecular complexity index is 168. The minimum atomic E-state index is -1.04. The molecule has 12 heavy (non-hydrogen) atoms. The second kappa shape index (κ2) is 3.17. The summed E-state index contributed by atoms with van der Waals surface area (Å²) in [5, 5.41) is 0. The van der Waals surface area contributed by atoms with Crippen molar-refractivity contribution < 1.29 is 33.1 Å². The molecule has 0 aromatic carbocycles. The van der Waals surface area contributed by atoms with Crippen LogP contribution in [0.4, 0.5) is 0 Å². The van der Waals surface area contributed by atoms with Gasteiger partial charge in [0.25, 0.3) is 5.97 Å². The molecule has 2 bridgehead atoms. The standard InChI is InChI=1S/C8H11O3.Li/c1-3-8-9-4-7(2,5-10-8)6-11-8;/h1,3H,4-6H2,2H3;/q-1;+1. The molecule has 3 rings (SSSR count). The number of ether oxygens (including phenoxy) is 3. The summed E-state index contributed by atoms with van der Waals surface area (Å²) in [4.78, 5) is 0. The average Bonchev–Trinajstić information content (AvgIpc) is 2.07. The Hall–Kier alpha value is 0.217. The molecular formula is C8H11LiO3. The second-order valence-corrected chi connectivity index (χ2v) is 3.45. The van der Waals surface area contributed by atoms with Crippen molar-refractivity contribution in [3.05, 3.63) is 12.7 Å². The van der Waals surface area contributed by atoms with Crippen molar-refractivity contribution in [2.75, 3.05) is 19.8 Å². The molecule has 3 saturated heterocycles. The first-order valence-electron chi connectivity index (χ1n) is 3.66. The minimum Gasteiger partial charge on any atom is -0.510 e. The van der Waals surface area contributed by atoms with Crippen LogP contribution in [0.3, 0.4) is 0 Å². The van der Waals surface area contributed by atoms with Crippen molar-refractivity contribution >= 4 is 0 Å². The first-order valence-corrected chi connectivity index (χ1v) is 3.66. The maximum atomic E-state index is 5.32. The molecule has 0 unspecified atom stereocenters. The SMILES string of the molecule is [CH-]=CC12OCC(C)(CO1)CO2.[Li+]. The van der Waals surface area contributed by atoms with E-state index in [0.717, 1.165) is 0 Å². The second-order valence-electron chi connectivity index (χ2n) is 3.45. The summed E-state index contributed by atoms with van der Waals surface area (Å²) in [6.07, 6.45) is 1.31. The van der Waals surface area contributed by atoms with Crippen LogP contribution in [0.25, 0.3) is 0 Å². The van der Waals surface area contributed by atoms with Gasteiger partial charge in [0.2, 0.25) is 0 Å². The third-order valence-corrected chi connectivity index (χ3v) is 2.07. The Morgan fingerprint density at radius 3 is 1.92 bits per heavy atom. The molecular weight excluding hydrogens is 151 g/mol. The summed E-state index contributed by atoms with van der Waals surface area (Å²) in [6, 6.07) is 0. The van der Waals surface area contributed by atoms with E-state index >= 15 is 0 Å². The number of hydrogen-bond acceptors (Lipinski definition) is 3. The van der Waals surface area contributed by atoms with Crippen LogP contribution in [0.5, 0.6) is 0 Å². The monoisotopic (exact) mass is 162 g/mol. The Labute approximate surface area is 84.2 Å². The van der Waals surface area contributed by atoms with Gasteiger partial charge in [0.1, 0.15) is 0 Å². The third kappa shape index (κ3) is 1.48. The van der Waals surface area contributed by atoms with Crippen molar-refractivity contribution in [3.8, 4) is 0 Å². The maximum Gasteiger partial charge on any atom is 1.00 e. The van der Waals surface area contributed by atoms with Crippen molar-refractivity contribution in [3.63, 3.8) is 0 Å². The van der Waals surface area contributed by atoms with E-state index in [-0.39, 0.29) is 24.3 Å². The van der Waals surface area contributed by atoms with E-state index < -0.39 is 5.97 Å². The molecule has 0 radical (unpaired) electrons. The average molecular weight is 162 g/mol. The van der Waals surface area contributed by atoms with E-state index in [0.29, 0.717) is 19.8 Å². The molecule has 0 saturated carbocycles. The van der Waals surface area contributed by atoms with Crippen LogP contribution in [0.15, 0.2) is 6.08 Å². The molecule has 0 atom stereocenters. The Balaban J connectivity index is 0.000000720. The molecule has 3 nitrogen and oxygen atoms in total. The van der Waals surface area contributed by atoms with Crippen LogP contribution in [0.1, 0.15) is 6.92 Å². The fourth-order valence-corrected chi connectivity index (χ4v) is 1.22. The van der Waals surface area contributed by atoms with E-state index in [1.165, 1.54) is 6.08 Å². The molecule has 3 aliphatic heterocycles. The van der Waals surface area contributed by atoms with E-state index in [1.54, 1.807) is 0 Å². The van der Waals surface area contributed by atoms with Gasteiger partial charge in [0.15, 0.2) is 0 Å². The summed E-state index contributed by atoms with van der Waals surface area (Å²) in [7, 11) is 0. The Morgan fingerprint density at radius 2 is 1.58 bits per heavy atom. The fraction of sp³-hybridized carbons (Fsp3) is 0.750. The zero-order chi connectivity index (χ0) is 7.95. The molecule has 62 valence electrons. The molecule has 3 heterocycles. The van der Waals surface area contributed by atoms with Crippen LogP contribution in [-0.4, -0.2) is 25.8 Å². The van der Waals surface area contributed by atoms with Gasteiger partial charge in [-0.25, -0.2) is 0 Å². The number of fused-ring (bicyclic) bond motifs is 3. The predicted octanol–water partition coefficient (Wildman–Crippen LogP) is -2.28. The predicted molar refractivity (Wildman–Crippen MR) is 37.6 cm³/mol. The van der Waals surface area contributed by atoms with Gasteiger partial charge in [-0.3, -0.25) is 0 Å². The van der Waals surface area contributed by atoms with Crippen molar-refractivity contribution in [2.45, 2.75) is 12.9 Å². The largest absolute Gasteiger partial charge is 1.00 e. The Kier molecular flexibility index (Phi) is 2.72. The third-order valence-electron chi connectivity index (χ3n) is 2.07. The van der Waals surface area contributed by atoms with Crippen molar-refractivity contribution in [1.82, 2.24) is 0 Å². The minimum absolute atomic E-state index is 0. The summed E-state index contributed by atoms with van der Waals surface area (Å²) in [5.41, 5.74) is 0.0186. The topological polar surface area (TPSA) is 27.7 Å². The maximum absolute atomic E-state index is 5.32. The summed E-state index contributed by atoms with van der Waals surface area (Å²) < 4.78 is 15.9. The molecule has 4 heteroatoms. The van der Waals surface area contributed by atoms with Crippen LogP contribution in [0.2, 0.25) is 0 Å². The van der Waals surface area contributed by atoms with Gasteiger partial charge in [-0.15, -0.1) is 0 Å². The van der Waals surface area contributed by atoms with Crippen LogP contribution < -0.4 is 18.9 Å². The van der Waals surface area contributed by atoms with E-state index in [4.69, 9.17) is 20.8 Å². The number of hydrogen-bond donors (Lipinski definition) is 0. The molecule has 0 aromatic heterocycles. The normalized spacial score (nSPS) is 45.1. The number of rotatable bonds is 1. The molecule has 3 fully saturated rings. The zero-order valence-electron chi connectivity index (χ0n) is 7.50. The van der Waals surface area contributed by atoms with E-state index in [1.807, 2.05) is 0 Å². The first-order chi connectivity index (χ1) is 5.18. The molecule has 0 N–H and O–H groups in total. The fourth-order valence-electron chi connectivity index (χ4n) is 1.22. The molecule has 0 aromatic rings. The quantitative estimate of drug-likeness (QED) is 0.321. The van der Waals surface area contributed by atoms with Gasteiger partial charge >= 0.3 is 18.9 Å². The smallest absolute Gasteiger partial charge is 0.510 e. The molecule has 0 spiro atoms. The Morgan fingerprint density at radius 1 is 1.17 bits per heavy atom. The van der Waals surface area contributed by atoms with Gasteiger partial charge in [-0.1, -0.05) is 6.92 Å². The molecule has 3 aliphatic rings. The summed E-state index contributed by atoms with van der Waals surface area (Å²) in [5.74, 6) is -1.04. The van der Waals surface area contributed by atoms with Crippen molar-refractivity contribution in [1.29, 1.82) is 0 Å². The summed E-state index contributed by atoms with van der Waals surface area (Å²) in [6.45, 7) is 9.34. The van der Waals surface area contributed by atoms with E-state index in [9.17, 15) is 0 Å². The van der Waals surface area contributed by atoms with Gasteiger partial charge in [0.05, 0.1) is 19.8 Å².